The molecule has 0 saturated heterocycles. The molecule has 0 bridgehead atoms. The molecule has 0 aromatic carbocycles. The van der Waals surface area contributed by atoms with Crippen molar-refractivity contribution >= 4 is 15.9 Å². The van der Waals surface area contributed by atoms with Crippen LogP contribution in [0.25, 0.3) is 0 Å². The molecule has 0 atom stereocenters. The molecule has 2 heteroatoms. The molecule has 0 aliphatic rings. The number of alkyl halides is 1. The molecule has 0 aliphatic heterocycles. The highest BCUT2D eigenvalue weighted by Crippen LogP contribution is 2.04. The molecule has 0 unspecified atom stereocenters. The number of rotatable bonds is 5. The molecule has 0 fully saturated rings. The quantitative estimate of drug-likeness (QED) is 0.542. The van der Waals surface area contributed by atoms with Crippen LogP contribution in [0.5, 0.6) is 0 Å². The van der Waals surface area contributed by atoms with Gasteiger partial charge in [0.05, 0.1) is 0 Å². The fourth-order valence-electron chi connectivity index (χ4n) is 0.761. The van der Waals surface area contributed by atoms with Crippen LogP contribution in [0.4, 0.5) is 0 Å². The summed E-state index contributed by atoms with van der Waals surface area (Å²) >= 11 is 3.35. The number of halogens is 1. The number of hydrogen-bond acceptors (Lipinski definition) is 1. The van der Waals surface area contributed by atoms with Gasteiger partial charge in [0.2, 0.25) is 0 Å². The maximum Gasteiger partial charge on any atom is 0.0434 e. The highest BCUT2D eigenvalue weighted by molar-refractivity contribution is 9.09. The van der Waals surface area contributed by atoms with E-state index >= 15 is 0 Å². The molecule has 0 saturated carbocycles. The normalized spacial score (nSPS) is 12.1. The first-order valence-electron chi connectivity index (χ1n) is 3.63. The van der Waals surface area contributed by atoms with Gasteiger partial charge in [0, 0.05) is 11.9 Å². The van der Waals surface area contributed by atoms with Gasteiger partial charge in [0.25, 0.3) is 0 Å². The molecule has 0 aromatic heterocycles. The zero-order chi connectivity index (χ0) is 7.82. The predicted molar refractivity (Wildman–Crippen MR) is 48.5 cm³/mol. The second kappa shape index (κ2) is 7.29. The van der Waals surface area contributed by atoms with E-state index in [0.29, 0.717) is 6.61 Å². The van der Waals surface area contributed by atoms with Gasteiger partial charge >= 0.3 is 0 Å². The second-order valence-corrected chi connectivity index (χ2v) is 3.15. The lowest BCUT2D eigenvalue weighted by molar-refractivity contribution is 0.288. The third kappa shape index (κ3) is 6.30. The average Bonchev–Trinajstić information content (AvgIpc) is 1.97. The Balaban J connectivity index is 3.30. The summed E-state index contributed by atoms with van der Waals surface area (Å²) in [5.74, 6) is 0. The van der Waals surface area contributed by atoms with Gasteiger partial charge in [-0.3, -0.25) is 0 Å². The summed E-state index contributed by atoms with van der Waals surface area (Å²) in [6, 6.07) is 0. The molecule has 1 nitrogen and oxygen atoms in total. The van der Waals surface area contributed by atoms with Gasteiger partial charge in [-0.15, -0.1) is 0 Å². The maximum absolute atomic E-state index is 8.50. The van der Waals surface area contributed by atoms with Crippen molar-refractivity contribution in [3.8, 4) is 0 Å². The lowest BCUT2D eigenvalue weighted by atomic mass is 10.1. The predicted octanol–water partition coefficient (Wildman–Crippen LogP) is 2.49. The van der Waals surface area contributed by atoms with Gasteiger partial charge in [-0.2, -0.15) is 0 Å². The SMILES string of the molecule is C/C(=C\CCBr)CCCO. The van der Waals surface area contributed by atoms with Gasteiger partial charge in [-0.05, 0) is 26.2 Å². The molecule has 0 aliphatic carbocycles. The topological polar surface area (TPSA) is 20.2 Å². The molecule has 10 heavy (non-hydrogen) atoms. The molecule has 0 spiro atoms. The molecule has 0 aromatic rings. The van der Waals surface area contributed by atoms with E-state index in [4.69, 9.17) is 5.11 Å². The molecule has 0 rings (SSSR count). The zero-order valence-electron chi connectivity index (χ0n) is 6.44. The van der Waals surface area contributed by atoms with E-state index in [2.05, 4.69) is 28.9 Å². The standard InChI is InChI=1S/C8H15BrO/c1-8(4-2-6-9)5-3-7-10/h4,10H,2-3,5-7H2,1H3/b8-4+. The Bertz CT molecular complexity index is 99.4. The largest absolute Gasteiger partial charge is 0.396 e. The minimum Gasteiger partial charge on any atom is -0.396 e. The number of hydrogen-bond donors (Lipinski definition) is 1. The fraction of sp³-hybridized carbons (Fsp3) is 0.750. The van der Waals surface area contributed by atoms with Crippen molar-refractivity contribution in [2.24, 2.45) is 0 Å². The van der Waals surface area contributed by atoms with Crippen molar-refractivity contribution < 1.29 is 5.11 Å². The summed E-state index contributed by atoms with van der Waals surface area (Å²) in [6.45, 7) is 2.41. The molecule has 0 amide bonds. The average molecular weight is 207 g/mol. The van der Waals surface area contributed by atoms with Crippen LogP contribution in [0.15, 0.2) is 11.6 Å². The summed E-state index contributed by atoms with van der Waals surface area (Å²) in [5.41, 5.74) is 1.38. The molecular formula is C8H15BrO. The first-order chi connectivity index (χ1) is 4.81. The van der Waals surface area contributed by atoms with Crippen molar-refractivity contribution in [1.29, 1.82) is 0 Å². The van der Waals surface area contributed by atoms with Crippen LogP contribution in [0.1, 0.15) is 26.2 Å². The summed E-state index contributed by atoms with van der Waals surface area (Å²) < 4.78 is 0. The zero-order valence-corrected chi connectivity index (χ0v) is 8.02. The maximum atomic E-state index is 8.50. The van der Waals surface area contributed by atoms with Gasteiger partial charge in [0.15, 0.2) is 0 Å². The number of allylic oxidation sites excluding steroid dienone is 2. The Labute approximate surface area is 71.3 Å². The van der Waals surface area contributed by atoms with Crippen LogP contribution in [0.2, 0.25) is 0 Å². The van der Waals surface area contributed by atoms with Crippen molar-refractivity contribution in [2.75, 3.05) is 11.9 Å². The molecular weight excluding hydrogens is 192 g/mol. The van der Waals surface area contributed by atoms with E-state index in [-0.39, 0.29) is 0 Å². The van der Waals surface area contributed by atoms with Crippen molar-refractivity contribution in [3.05, 3.63) is 11.6 Å². The number of aliphatic hydroxyl groups excluding tert-OH is 1. The summed E-state index contributed by atoms with van der Waals surface area (Å²) in [4.78, 5) is 0. The van der Waals surface area contributed by atoms with Crippen LogP contribution < -0.4 is 0 Å². The molecule has 0 heterocycles. The Morgan fingerprint density at radius 3 is 2.80 bits per heavy atom. The number of aliphatic hydroxyl groups is 1. The smallest absolute Gasteiger partial charge is 0.0434 e. The van der Waals surface area contributed by atoms with E-state index in [1.54, 1.807) is 0 Å². The molecule has 60 valence electrons. The molecule has 0 radical (unpaired) electrons. The van der Waals surface area contributed by atoms with Crippen molar-refractivity contribution in [3.63, 3.8) is 0 Å². The fourth-order valence-corrected chi connectivity index (χ4v) is 0.990. The van der Waals surface area contributed by atoms with E-state index in [0.717, 1.165) is 24.6 Å². The third-order valence-corrected chi connectivity index (χ3v) is 1.79. The lowest BCUT2D eigenvalue weighted by Gasteiger charge is -1.96. The summed E-state index contributed by atoms with van der Waals surface area (Å²) in [6.07, 6.45) is 5.23. The van der Waals surface area contributed by atoms with Crippen LogP contribution >= 0.6 is 15.9 Å². The first kappa shape index (κ1) is 10.2. The van der Waals surface area contributed by atoms with Crippen LogP contribution in [0.3, 0.4) is 0 Å². The highest BCUT2D eigenvalue weighted by Gasteiger charge is 1.87. The van der Waals surface area contributed by atoms with Gasteiger partial charge in [0.1, 0.15) is 0 Å². The van der Waals surface area contributed by atoms with E-state index in [9.17, 15) is 0 Å². The minimum absolute atomic E-state index is 0.305. The Hall–Kier alpha value is 0.180. The van der Waals surface area contributed by atoms with Gasteiger partial charge in [-0.1, -0.05) is 27.6 Å². The Morgan fingerprint density at radius 1 is 1.60 bits per heavy atom. The second-order valence-electron chi connectivity index (χ2n) is 2.36. The van der Waals surface area contributed by atoms with E-state index < -0.39 is 0 Å². The minimum atomic E-state index is 0.305. The summed E-state index contributed by atoms with van der Waals surface area (Å²) in [7, 11) is 0. The highest BCUT2D eigenvalue weighted by atomic mass is 79.9. The van der Waals surface area contributed by atoms with Gasteiger partial charge < -0.3 is 5.11 Å². The van der Waals surface area contributed by atoms with Crippen molar-refractivity contribution in [1.82, 2.24) is 0 Å². The summed E-state index contributed by atoms with van der Waals surface area (Å²) in [5, 5.41) is 9.54. The Morgan fingerprint density at radius 2 is 2.30 bits per heavy atom. The third-order valence-electron chi connectivity index (χ3n) is 1.33. The first-order valence-corrected chi connectivity index (χ1v) is 4.76. The van der Waals surface area contributed by atoms with E-state index in [1.165, 1.54) is 5.57 Å². The molecule has 1 N–H and O–H groups in total. The van der Waals surface area contributed by atoms with Crippen LogP contribution in [-0.4, -0.2) is 17.0 Å². The Kier molecular flexibility index (Phi) is 7.42. The van der Waals surface area contributed by atoms with Gasteiger partial charge in [-0.25, -0.2) is 0 Å². The van der Waals surface area contributed by atoms with E-state index in [1.807, 2.05) is 0 Å². The van der Waals surface area contributed by atoms with Crippen LogP contribution in [0, 0.1) is 0 Å². The monoisotopic (exact) mass is 206 g/mol. The lowest BCUT2D eigenvalue weighted by Crippen LogP contribution is -1.84. The van der Waals surface area contributed by atoms with Crippen LogP contribution in [-0.2, 0) is 0 Å². The van der Waals surface area contributed by atoms with Crippen molar-refractivity contribution in [2.45, 2.75) is 26.2 Å².